The van der Waals surface area contributed by atoms with Gasteiger partial charge in [-0.3, -0.25) is 4.79 Å². The maximum Gasteiger partial charge on any atom is 0.291 e. The molecule has 7 nitrogen and oxygen atoms in total. The fourth-order valence-corrected chi connectivity index (χ4v) is 3.80. The molecule has 0 aliphatic rings. The van der Waals surface area contributed by atoms with E-state index in [1.807, 2.05) is 36.4 Å². The fraction of sp³-hybridized carbons (Fsp3) is 0.136. The predicted molar refractivity (Wildman–Crippen MR) is 117 cm³/mol. The third kappa shape index (κ3) is 3.77. The van der Waals surface area contributed by atoms with Crippen LogP contribution in [0.1, 0.15) is 5.56 Å². The number of thiazole rings is 1. The highest BCUT2D eigenvalue weighted by atomic mass is 32.1. The highest BCUT2D eigenvalue weighted by Crippen LogP contribution is 2.28. The van der Waals surface area contributed by atoms with Gasteiger partial charge in [0.05, 0.1) is 18.8 Å². The van der Waals surface area contributed by atoms with Crippen LogP contribution in [-0.4, -0.2) is 35.4 Å². The van der Waals surface area contributed by atoms with Gasteiger partial charge in [0.15, 0.2) is 17.3 Å². The van der Waals surface area contributed by atoms with E-state index >= 15 is 0 Å². The average Bonchev–Trinajstić information content (AvgIpc) is 3.32. The lowest BCUT2D eigenvalue weighted by atomic mass is 10.2. The molecule has 30 heavy (non-hydrogen) atoms. The SMILES string of the molecule is C=CCOc1ccc(/C=c2\sc3nc(-c4ccc(OC)cc4)nn3c2=O)cc1OC. The van der Waals surface area contributed by atoms with Gasteiger partial charge in [0.1, 0.15) is 12.4 Å². The first-order valence-corrected chi connectivity index (χ1v) is 9.92. The van der Waals surface area contributed by atoms with Crippen molar-refractivity contribution in [3.63, 3.8) is 0 Å². The Kier molecular flexibility index (Phi) is 5.49. The van der Waals surface area contributed by atoms with Gasteiger partial charge in [-0.2, -0.15) is 9.50 Å². The number of fused-ring (bicyclic) bond motifs is 1. The molecular weight excluding hydrogens is 402 g/mol. The summed E-state index contributed by atoms with van der Waals surface area (Å²) in [4.78, 5) is 17.8. The number of ether oxygens (including phenoxy) is 3. The normalized spacial score (nSPS) is 11.6. The molecule has 0 N–H and O–H groups in total. The van der Waals surface area contributed by atoms with Crippen LogP contribution in [0, 0.1) is 0 Å². The lowest BCUT2D eigenvalue weighted by Crippen LogP contribution is -2.23. The molecule has 0 unspecified atom stereocenters. The van der Waals surface area contributed by atoms with Crippen molar-refractivity contribution in [1.82, 2.24) is 14.6 Å². The van der Waals surface area contributed by atoms with Crippen LogP contribution in [0.2, 0.25) is 0 Å². The minimum Gasteiger partial charge on any atom is -0.497 e. The zero-order chi connectivity index (χ0) is 21.1. The third-order valence-electron chi connectivity index (χ3n) is 4.37. The van der Waals surface area contributed by atoms with Crippen molar-refractivity contribution < 1.29 is 14.2 Å². The molecule has 0 radical (unpaired) electrons. The highest BCUT2D eigenvalue weighted by Gasteiger charge is 2.12. The van der Waals surface area contributed by atoms with Crippen LogP contribution in [0.4, 0.5) is 0 Å². The second-order valence-electron chi connectivity index (χ2n) is 6.28. The van der Waals surface area contributed by atoms with Gasteiger partial charge in [0, 0.05) is 5.56 Å². The van der Waals surface area contributed by atoms with E-state index in [-0.39, 0.29) is 5.56 Å². The summed E-state index contributed by atoms with van der Waals surface area (Å²) in [7, 11) is 3.18. The second kappa shape index (κ2) is 8.38. The summed E-state index contributed by atoms with van der Waals surface area (Å²) in [5.41, 5.74) is 1.42. The van der Waals surface area contributed by atoms with E-state index in [4.69, 9.17) is 14.2 Å². The average molecular weight is 421 g/mol. The van der Waals surface area contributed by atoms with E-state index in [9.17, 15) is 4.79 Å². The van der Waals surface area contributed by atoms with Crippen molar-refractivity contribution in [3.8, 4) is 28.6 Å². The second-order valence-corrected chi connectivity index (χ2v) is 7.29. The summed E-state index contributed by atoms with van der Waals surface area (Å²) in [6.45, 7) is 4.02. The van der Waals surface area contributed by atoms with Gasteiger partial charge in [0.2, 0.25) is 4.96 Å². The first kappa shape index (κ1) is 19.7. The van der Waals surface area contributed by atoms with Gasteiger partial charge >= 0.3 is 0 Å². The van der Waals surface area contributed by atoms with Gasteiger partial charge < -0.3 is 14.2 Å². The van der Waals surface area contributed by atoms with E-state index in [2.05, 4.69) is 16.7 Å². The van der Waals surface area contributed by atoms with Crippen LogP contribution in [0.5, 0.6) is 17.2 Å². The molecule has 0 bridgehead atoms. The summed E-state index contributed by atoms with van der Waals surface area (Å²) in [5, 5.41) is 4.37. The Hall–Kier alpha value is -3.65. The monoisotopic (exact) mass is 421 g/mol. The number of nitrogens with zero attached hydrogens (tertiary/aromatic N) is 3. The van der Waals surface area contributed by atoms with Crippen molar-refractivity contribution in [2.45, 2.75) is 0 Å². The Bertz CT molecular complexity index is 1310. The Morgan fingerprint density at radius 2 is 1.90 bits per heavy atom. The molecule has 0 aliphatic heterocycles. The molecule has 152 valence electrons. The largest absolute Gasteiger partial charge is 0.497 e. The van der Waals surface area contributed by atoms with E-state index in [0.29, 0.717) is 33.4 Å². The van der Waals surface area contributed by atoms with Gasteiger partial charge in [-0.15, -0.1) is 5.10 Å². The molecule has 0 saturated heterocycles. The molecule has 8 heteroatoms. The first-order chi connectivity index (χ1) is 14.6. The zero-order valence-corrected chi connectivity index (χ0v) is 17.3. The summed E-state index contributed by atoms with van der Waals surface area (Å²) in [6.07, 6.45) is 3.45. The van der Waals surface area contributed by atoms with Crippen molar-refractivity contribution in [2.24, 2.45) is 0 Å². The maximum absolute atomic E-state index is 12.8. The summed E-state index contributed by atoms with van der Waals surface area (Å²) >= 11 is 1.28. The van der Waals surface area contributed by atoms with Crippen molar-refractivity contribution >= 4 is 22.4 Å². The highest BCUT2D eigenvalue weighted by molar-refractivity contribution is 7.15. The summed E-state index contributed by atoms with van der Waals surface area (Å²) < 4.78 is 18.0. The quantitative estimate of drug-likeness (QED) is 0.427. The Morgan fingerprint density at radius 1 is 1.10 bits per heavy atom. The van der Waals surface area contributed by atoms with E-state index < -0.39 is 0 Å². The lowest BCUT2D eigenvalue weighted by molar-refractivity contribution is 0.326. The van der Waals surface area contributed by atoms with Crippen LogP contribution in [0.15, 0.2) is 59.9 Å². The third-order valence-corrected chi connectivity index (χ3v) is 5.33. The molecule has 2 aromatic heterocycles. The number of rotatable bonds is 7. The van der Waals surface area contributed by atoms with Crippen molar-refractivity contribution in [2.75, 3.05) is 20.8 Å². The molecule has 0 spiro atoms. The smallest absolute Gasteiger partial charge is 0.291 e. The molecule has 0 aliphatic carbocycles. The van der Waals surface area contributed by atoms with Gasteiger partial charge in [-0.05, 0) is 48.0 Å². The first-order valence-electron chi connectivity index (χ1n) is 9.10. The number of hydrogen-bond donors (Lipinski definition) is 0. The summed E-state index contributed by atoms with van der Waals surface area (Å²) in [5.74, 6) is 2.44. The topological polar surface area (TPSA) is 75.0 Å². The predicted octanol–water partition coefficient (Wildman–Crippen LogP) is 2.95. The van der Waals surface area contributed by atoms with Crippen LogP contribution in [-0.2, 0) is 0 Å². The van der Waals surface area contributed by atoms with E-state index in [1.54, 1.807) is 32.4 Å². The molecular formula is C22H19N3O4S. The molecule has 2 heterocycles. The minimum absolute atomic E-state index is 0.215. The molecule has 0 fully saturated rings. The van der Waals surface area contributed by atoms with Crippen LogP contribution in [0.25, 0.3) is 22.4 Å². The maximum atomic E-state index is 12.8. The van der Waals surface area contributed by atoms with Gasteiger partial charge in [0.25, 0.3) is 5.56 Å². The van der Waals surface area contributed by atoms with Gasteiger partial charge in [-0.25, -0.2) is 0 Å². The lowest BCUT2D eigenvalue weighted by Gasteiger charge is -2.09. The minimum atomic E-state index is -0.215. The number of methoxy groups -OCH3 is 2. The van der Waals surface area contributed by atoms with Gasteiger partial charge in [-0.1, -0.05) is 30.1 Å². The van der Waals surface area contributed by atoms with Crippen LogP contribution in [0.3, 0.4) is 0 Å². The molecule has 4 rings (SSSR count). The standard InChI is InChI=1S/C22H19N3O4S/c1-4-11-29-17-10-5-14(12-18(17)28-3)13-19-21(26)25-22(30-19)23-20(24-25)15-6-8-16(27-2)9-7-15/h4-10,12-13H,1,11H2,2-3H3/b19-13-. The Balaban J connectivity index is 1.69. The molecule has 0 amide bonds. The molecule has 0 saturated carbocycles. The molecule has 0 atom stereocenters. The zero-order valence-electron chi connectivity index (χ0n) is 16.5. The fourth-order valence-electron chi connectivity index (χ4n) is 2.89. The number of benzene rings is 2. The van der Waals surface area contributed by atoms with E-state index in [0.717, 1.165) is 16.9 Å². The molecule has 2 aromatic carbocycles. The summed E-state index contributed by atoms with van der Waals surface area (Å²) in [6, 6.07) is 12.9. The van der Waals surface area contributed by atoms with Crippen LogP contribution < -0.4 is 24.3 Å². The van der Waals surface area contributed by atoms with Crippen LogP contribution >= 0.6 is 11.3 Å². The Morgan fingerprint density at radius 3 is 2.57 bits per heavy atom. The Labute approximate surface area is 176 Å². The van der Waals surface area contributed by atoms with Crippen molar-refractivity contribution in [1.29, 1.82) is 0 Å². The number of aromatic nitrogens is 3. The number of hydrogen-bond acceptors (Lipinski definition) is 7. The van der Waals surface area contributed by atoms with Crippen molar-refractivity contribution in [3.05, 3.63) is 75.6 Å². The molecule has 4 aromatic rings. The van der Waals surface area contributed by atoms with E-state index in [1.165, 1.54) is 15.9 Å².